The fraction of sp³-hybridized carbons (Fsp3) is 0.105. The van der Waals surface area contributed by atoms with Crippen molar-refractivity contribution < 1.29 is 15.0 Å². The van der Waals surface area contributed by atoms with E-state index in [9.17, 15) is 15.0 Å². The zero-order valence-electron chi connectivity index (χ0n) is 12.7. The number of aliphatic hydroxyl groups excluding tert-OH is 1. The van der Waals surface area contributed by atoms with Gasteiger partial charge in [0.1, 0.15) is 5.92 Å². The molecule has 0 fully saturated rings. The van der Waals surface area contributed by atoms with Crippen LogP contribution in [0.1, 0.15) is 11.5 Å². The molecule has 0 amide bonds. The molecule has 2 N–H and O–H groups in total. The molecule has 2 aromatic heterocycles. The number of nitrogens with zero attached hydrogens (tertiary/aromatic N) is 2. The Bertz CT molecular complexity index is 1090. The number of aliphatic hydroxyl groups is 1. The molecule has 4 rings (SSSR count). The van der Waals surface area contributed by atoms with Gasteiger partial charge in [0, 0.05) is 22.4 Å². The van der Waals surface area contributed by atoms with Gasteiger partial charge in [-0.1, -0.05) is 24.3 Å². The number of carbonyl (C=O) groups is 1. The van der Waals surface area contributed by atoms with Crippen molar-refractivity contribution in [1.29, 1.82) is 0 Å². The summed E-state index contributed by atoms with van der Waals surface area (Å²) in [4.78, 5) is 20.8. The highest BCUT2D eigenvalue weighted by Gasteiger charge is 2.24. The smallest absolute Gasteiger partial charge is 0.313 e. The third-order valence-electron chi connectivity index (χ3n) is 4.30. The van der Waals surface area contributed by atoms with Gasteiger partial charge in [0.2, 0.25) is 0 Å². The van der Waals surface area contributed by atoms with Crippen LogP contribution in [-0.2, 0) is 4.79 Å². The molecule has 4 aromatic rings. The second-order valence-corrected chi connectivity index (χ2v) is 5.65. The summed E-state index contributed by atoms with van der Waals surface area (Å²) < 4.78 is 0. The van der Waals surface area contributed by atoms with Crippen LogP contribution < -0.4 is 0 Å². The zero-order valence-corrected chi connectivity index (χ0v) is 12.7. The highest BCUT2D eigenvalue weighted by atomic mass is 16.4. The number of hydrogen-bond donors (Lipinski definition) is 2. The number of carboxylic acid groups (broad SMARTS) is 1. The maximum atomic E-state index is 11.7. The molecule has 24 heavy (non-hydrogen) atoms. The number of pyridine rings is 2. The lowest BCUT2D eigenvalue weighted by molar-refractivity contribution is -0.139. The Kier molecular flexibility index (Phi) is 3.36. The fourth-order valence-corrected chi connectivity index (χ4v) is 3.21. The van der Waals surface area contributed by atoms with E-state index in [1.807, 2.05) is 48.5 Å². The summed E-state index contributed by atoms with van der Waals surface area (Å²) in [5.74, 6) is -2.06. The lowest BCUT2D eigenvalue weighted by atomic mass is 9.91. The Morgan fingerprint density at radius 3 is 2.54 bits per heavy atom. The van der Waals surface area contributed by atoms with Gasteiger partial charge in [-0.25, -0.2) is 4.98 Å². The van der Waals surface area contributed by atoms with Crippen LogP contribution in [0.15, 0.2) is 54.7 Å². The molecule has 0 saturated heterocycles. The number of hydrogen-bond acceptors (Lipinski definition) is 4. The quantitative estimate of drug-likeness (QED) is 0.448. The van der Waals surface area contributed by atoms with Gasteiger partial charge in [0.25, 0.3) is 0 Å². The van der Waals surface area contributed by atoms with Crippen molar-refractivity contribution in [3.63, 3.8) is 0 Å². The van der Waals surface area contributed by atoms with E-state index in [2.05, 4.69) is 4.98 Å². The minimum absolute atomic E-state index is 0.469. The minimum atomic E-state index is -1.05. The molecule has 0 saturated carbocycles. The monoisotopic (exact) mass is 318 g/mol. The topological polar surface area (TPSA) is 83.3 Å². The van der Waals surface area contributed by atoms with Crippen LogP contribution in [0.25, 0.3) is 32.7 Å². The molecule has 118 valence electrons. The lowest BCUT2D eigenvalue weighted by Gasteiger charge is -2.16. The summed E-state index contributed by atoms with van der Waals surface area (Å²) in [5, 5.41) is 21.6. The fourth-order valence-electron chi connectivity index (χ4n) is 3.21. The molecule has 0 aliphatic rings. The van der Waals surface area contributed by atoms with Crippen molar-refractivity contribution in [3.05, 3.63) is 60.3 Å². The van der Waals surface area contributed by atoms with Crippen molar-refractivity contribution >= 4 is 38.7 Å². The van der Waals surface area contributed by atoms with Crippen LogP contribution >= 0.6 is 0 Å². The highest BCUT2D eigenvalue weighted by Crippen LogP contribution is 2.34. The SMILES string of the molecule is O=C(O)C(CO)c1c2ccccc2nc2c1ccc1ncccc12. The Morgan fingerprint density at radius 1 is 0.958 bits per heavy atom. The molecule has 0 aliphatic carbocycles. The van der Waals surface area contributed by atoms with E-state index in [1.165, 1.54) is 0 Å². The van der Waals surface area contributed by atoms with Crippen molar-refractivity contribution in [2.45, 2.75) is 5.92 Å². The third kappa shape index (κ3) is 2.10. The Morgan fingerprint density at radius 2 is 1.75 bits per heavy atom. The Balaban J connectivity index is 2.24. The van der Waals surface area contributed by atoms with Gasteiger partial charge >= 0.3 is 5.97 Å². The van der Waals surface area contributed by atoms with E-state index in [0.29, 0.717) is 16.6 Å². The van der Waals surface area contributed by atoms with Crippen molar-refractivity contribution in [2.75, 3.05) is 6.61 Å². The van der Waals surface area contributed by atoms with Gasteiger partial charge in [-0.05, 0) is 29.8 Å². The first-order valence-corrected chi connectivity index (χ1v) is 7.60. The predicted molar refractivity (Wildman–Crippen MR) is 92.0 cm³/mol. The van der Waals surface area contributed by atoms with Gasteiger partial charge in [-0.2, -0.15) is 0 Å². The number of carboxylic acids is 1. The average molecular weight is 318 g/mol. The number of fused-ring (bicyclic) bond motifs is 4. The number of aliphatic carboxylic acids is 1. The van der Waals surface area contributed by atoms with E-state index in [-0.39, 0.29) is 0 Å². The van der Waals surface area contributed by atoms with E-state index < -0.39 is 18.5 Å². The molecule has 1 atom stereocenters. The van der Waals surface area contributed by atoms with Gasteiger partial charge in [-0.15, -0.1) is 0 Å². The molecule has 0 aliphatic heterocycles. The minimum Gasteiger partial charge on any atom is -0.481 e. The maximum absolute atomic E-state index is 11.7. The largest absolute Gasteiger partial charge is 0.481 e. The second kappa shape index (κ2) is 5.54. The molecule has 5 heteroatoms. The van der Waals surface area contributed by atoms with Crippen molar-refractivity contribution in [2.24, 2.45) is 0 Å². The van der Waals surface area contributed by atoms with Gasteiger partial charge in [0.05, 0.1) is 23.2 Å². The van der Waals surface area contributed by atoms with Crippen LogP contribution in [0.5, 0.6) is 0 Å². The first kappa shape index (κ1) is 14.5. The van der Waals surface area contributed by atoms with Gasteiger partial charge in [0.15, 0.2) is 0 Å². The van der Waals surface area contributed by atoms with Gasteiger partial charge in [-0.3, -0.25) is 9.78 Å². The standard InChI is InChI=1S/C19H14N2O3/c22-10-14(19(23)24)17-11-4-1-2-6-16(11)21-18-12-5-3-9-20-15(12)8-7-13(17)18/h1-9,14,22H,10H2,(H,23,24). The summed E-state index contributed by atoms with van der Waals surface area (Å²) in [7, 11) is 0. The second-order valence-electron chi connectivity index (χ2n) is 5.65. The lowest BCUT2D eigenvalue weighted by Crippen LogP contribution is -2.16. The van der Waals surface area contributed by atoms with Crippen LogP contribution in [0.3, 0.4) is 0 Å². The molecular weight excluding hydrogens is 304 g/mol. The Labute approximate surface area is 137 Å². The number of aromatic nitrogens is 2. The Hall–Kier alpha value is -3.05. The summed E-state index contributed by atoms with van der Waals surface area (Å²) in [6.07, 6.45) is 1.71. The summed E-state index contributed by atoms with van der Waals surface area (Å²) in [5.41, 5.74) is 2.80. The molecule has 0 bridgehead atoms. The molecule has 5 nitrogen and oxygen atoms in total. The van der Waals surface area contributed by atoms with E-state index >= 15 is 0 Å². The molecule has 2 aromatic carbocycles. The first-order valence-electron chi connectivity index (χ1n) is 7.60. The predicted octanol–water partition coefficient (Wildman–Crippen LogP) is 3.10. The van der Waals surface area contributed by atoms with Crippen LogP contribution in [-0.4, -0.2) is 32.8 Å². The molecule has 1 unspecified atom stereocenters. The number of para-hydroxylation sites is 1. The summed E-state index contributed by atoms with van der Waals surface area (Å²) in [6.45, 7) is -0.469. The van der Waals surface area contributed by atoms with Crippen LogP contribution in [0, 0.1) is 0 Å². The maximum Gasteiger partial charge on any atom is 0.313 e. The highest BCUT2D eigenvalue weighted by molar-refractivity contribution is 6.11. The molecular formula is C19H14N2O3. The number of rotatable bonds is 3. The van der Waals surface area contributed by atoms with E-state index in [1.54, 1.807) is 6.20 Å². The van der Waals surface area contributed by atoms with Crippen molar-refractivity contribution in [1.82, 2.24) is 9.97 Å². The third-order valence-corrected chi connectivity index (χ3v) is 4.30. The number of benzene rings is 2. The summed E-state index contributed by atoms with van der Waals surface area (Å²) in [6, 6.07) is 14.9. The molecule has 0 radical (unpaired) electrons. The molecule has 0 spiro atoms. The van der Waals surface area contributed by atoms with Crippen LogP contribution in [0.2, 0.25) is 0 Å². The first-order chi connectivity index (χ1) is 11.7. The average Bonchev–Trinajstić information content (AvgIpc) is 2.61. The van der Waals surface area contributed by atoms with E-state index in [4.69, 9.17) is 4.98 Å². The molecule has 2 heterocycles. The van der Waals surface area contributed by atoms with E-state index in [0.717, 1.165) is 21.7 Å². The van der Waals surface area contributed by atoms with Gasteiger partial charge < -0.3 is 10.2 Å². The van der Waals surface area contributed by atoms with Crippen LogP contribution in [0.4, 0.5) is 0 Å². The van der Waals surface area contributed by atoms with Crippen molar-refractivity contribution in [3.8, 4) is 0 Å². The normalized spacial score (nSPS) is 12.7. The zero-order chi connectivity index (χ0) is 16.7. The summed E-state index contributed by atoms with van der Waals surface area (Å²) >= 11 is 0.